The van der Waals surface area contributed by atoms with Crippen LogP contribution < -0.4 is 10.2 Å². The summed E-state index contributed by atoms with van der Waals surface area (Å²) in [7, 11) is 6.36. The van der Waals surface area contributed by atoms with Gasteiger partial charge in [-0.1, -0.05) is 18.2 Å². The molecule has 2 unspecified atom stereocenters. The lowest BCUT2D eigenvalue weighted by atomic mass is 10.0. The summed E-state index contributed by atoms with van der Waals surface area (Å²) in [6, 6.07) is 9.88. The molecule has 1 saturated heterocycles. The summed E-state index contributed by atoms with van der Waals surface area (Å²) >= 11 is 0. The first-order valence-electron chi connectivity index (χ1n) is 7.31. The predicted molar refractivity (Wildman–Crippen MR) is 82.8 cm³/mol. The minimum absolute atomic E-state index is 0.400. The number of benzene rings is 1. The zero-order valence-corrected chi connectivity index (χ0v) is 12.7. The van der Waals surface area contributed by atoms with E-state index in [2.05, 4.69) is 60.4 Å². The van der Waals surface area contributed by atoms with Gasteiger partial charge in [0.25, 0.3) is 0 Å². The van der Waals surface area contributed by atoms with E-state index in [0.29, 0.717) is 12.1 Å². The highest BCUT2D eigenvalue weighted by atomic mass is 15.2. The van der Waals surface area contributed by atoms with Gasteiger partial charge in [-0.25, -0.2) is 0 Å². The summed E-state index contributed by atoms with van der Waals surface area (Å²) in [4.78, 5) is 4.90. The molecule has 0 spiro atoms. The van der Waals surface area contributed by atoms with Gasteiger partial charge in [0.1, 0.15) is 0 Å². The van der Waals surface area contributed by atoms with E-state index >= 15 is 0 Å². The number of nitrogens with one attached hydrogen (secondary N) is 1. The molecule has 1 aliphatic rings. The van der Waals surface area contributed by atoms with Crippen LogP contribution in [0.3, 0.4) is 0 Å². The van der Waals surface area contributed by atoms with Gasteiger partial charge in [-0.05, 0) is 52.5 Å². The number of rotatable bonds is 5. The summed E-state index contributed by atoms with van der Waals surface area (Å²) in [5.41, 5.74) is 2.82. The molecule has 1 N–H and O–H groups in total. The van der Waals surface area contributed by atoms with Crippen LogP contribution in [0.1, 0.15) is 31.4 Å². The summed E-state index contributed by atoms with van der Waals surface area (Å²) < 4.78 is 0. The normalized spacial score (nSPS) is 21.1. The van der Waals surface area contributed by atoms with Crippen LogP contribution in [0.15, 0.2) is 24.3 Å². The second-order valence-corrected chi connectivity index (χ2v) is 5.82. The molecule has 3 nitrogen and oxygen atoms in total. The number of anilines is 1. The minimum atomic E-state index is 0.400. The Morgan fingerprint density at radius 1 is 1.37 bits per heavy atom. The molecule has 1 aliphatic heterocycles. The fourth-order valence-corrected chi connectivity index (χ4v) is 3.03. The maximum atomic E-state index is 3.36. The van der Waals surface area contributed by atoms with Gasteiger partial charge in [0.2, 0.25) is 0 Å². The van der Waals surface area contributed by atoms with E-state index in [1.807, 2.05) is 7.05 Å². The van der Waals surface area contributed by atoms with Crippen LogP contribution in [-0.2, 0) is 0 Å². The van der Waals surface area contributed by atoms with Crippen LogP contribution >= 0.6 is 0 Å². The van der Waals surface area contributed by atoms with E-state index < -0.39 is 0 Å². The lowest BCUT2D eigenvalue weighted by molar-refractivity contribution is 0.372. The molecule has 1 heterocycles. The van der Waals surface area contributed by atoms with Crippen LogP contribution in [0.4, 0.5) is 5.69 Å². The highest BCUT2D eigenvalue weighted by Crippen LogP contribution is 2.31. The molecule has 0 bridgehead atoms. The average molecular weight is 261 g/mol. The molecule has 0 radical (unpaired) electrons. The molecule has 3 heteroatoms. The monoisotopic (exact) mass is 261 g/mol. The van der Waals surface area contributed by atoms with E-state index in [1.165, 1.54) is 30.6 Å². The van der Waals surface area contributed by atoms with Crippen LogP contribution in [0.25, 0.3) is 0 Å². The Morgan fingerprint density at radius 2 is 2.11 bits per heavy atom. The fourth-order valence-electron chi connectivity index (χ4n) is 3.03. The van der Waals surface area contributed by atoms with Gasteiger partial charge in [-0.15, -0.1) is 0 Å². The third kappa shape index (κ3) is 3.28. The van der Waals surface area contributed by atoms with Gasteiger partial charge in [0.15, 0.2) is 0 Å². The van der Waals surface area contributed by atoms with Crippen molar-refractivity contribution in [2.45, 2.75) is 31.8 Å². The van der Waals surface area contributed by atoms with Crippen molar-refractivity contribution in [1.82, 2.24) is 10.2 Å². The molecule has 2 rings (SSSR count). The first-order chi connectivity index (χ1) is 9.13. The number of para-hydroxylation sites is 1. The third-order valence-electron chi connectivity index (χ3n) is 4.10. The van der Waals surface area contributed by atoms with Crippen molar-refractivity contribution in [3.05, 3.63) is 29.8 Å². The van der Waals surface area contributed by atoms with Crippen molar-refractivity contribution in [3.8, 4) is 0 Å². The van der Waals surface area contributed by atoms with Crippen LogP contribution in [0, 0.1) is 0 Å². The highest BCUT2D eigenvalue weighted by Gasteiger charge is 2.27. The lowest BCUT2D eigenvalue weighted by Crippen LogP contribution is -2.38. The molecule has 106 valence electrons. The second-order valence-electron chi connectivity index (χ2n) is 5.82. The van der Waals surface area contributed by atoms with Crippen LogP contribution in [0.5, 0.6) is 0 Å². The van der Waals surface area contributed by atoms with Crippen molar-refractivity contribution in [3.63, 3.8) is 0 Å². The third-order valence-corrected chi connectivity index (χ3v) is 4.10. The molecule has 2 atom stereocenters. The van der Waals surface area contributed by atoms with E-state index in [9.17, 15) is 0 Å². The van der Waals surface area contributed by atoms with Gasteiger partial charge in [0, 0.05) is 30.9 Å². The summed E-state index contributed by atoms with van der Waals surface area (Å²) in [5, 5.41) is 3.36. The van der Waals surface area contributed by atoms with Crippen molar-refractivity contribution >= 4 is 5.69 Å². The largest absolute Gasteiger partial charge is 0.367 e. The van der Waals surface area contributed by atoms with E-state index in [4.69, 9.17) is 0 Å². The maximum Gasteiger partial charge on any atom is 0.0417 e. The van der Waals surface area contributed by atoms with Crippen molar-refractivity contribution in [2.75, 3.05) is 39.1 Å². The Morgan fingerprint density at radius 3 is 2.79 bits per heavy atom. The lowest BCUT2D eigenvalue weighted by Gasteiger charge is -2.32. The van der Waals surface area contributed by atoms with Crippen molar-refractivity contribution < 1.29 is 0 Å². The second kappa shape index (κ2) is 6.40. The molecule has 0 amide bonds. The Balaban J connectivity index is 2.25. The summed E-state index contributed by atoms with van der Waals surface area (Å²) in [6.07, 6.45) is 2.61. The SMILES string of the molecule is CNC(C)c1ccccc1N1CCCC1CN(C)C. The maximum absolute atomic E-state index is 3.36. The number of hydrogen-bond acceptors (Lipinski definition) is 3. The van der Waals surface area contributed by atoms with E-state index in [0.717, 1.165) is 6.54 Å². The van der Waals surface area contributed by atoms with Crippen molar-refractivity contribution in [2.24, 2.45) is 0 Å². The molecule has 0 aliphatic carbocycles. The smallest absolute Gasteiger partial charge is 0.0417 e. The Bertz CT molecular complexity index is 403. The highest BCUT2D eigenvalue weighted by molar-refractivity contribution is 5.56. The molecule has 0 aromatic heterocycles. The van der Waals surface area contributed by atoms with Gasteiger partial charge in [0.05, 0.1) is 0 Å². The zero-order chi connectivity index (χ0) is 13.8. The van der Waals surface area contributed by atoms with Gasteiger partial charge < -0.3 is 15.1 Å². The Hall–Kier alpha value is -1.06. The zero-order valence-electron chi connectivity index (χ0n) is 12.7. The summed E-state index contributed by atoms with van der Waals surface area (Å²) in [5.74, 6) is 0. The first kappa shape index (κ1) is 14.4. The van der Waals surface area contributed by atoms with Crippen molar-refractivity contribution in [1.29, 1.82) is 0 Å². The minimum Gasteiger partial charge on any atom is -0.367 e. The Labute approximate surface area is 117 Å². The molecule has 0 saturated carbocycles. The van der Waals surface area contributed by atoms with Crippen LogP contribution in [-0.4, -0.2) is 45.2 Å². The number of nitrogens with zero attached hydrogens (tertiary/aromatic N) is 2. The standard InChI is InChI=1S/C16H27N3/c1-13(17-2)15-9-5-6-10-16(15)19-11-7-8-14(19)12-18(3)4/h5-6,9-10,13-14,17H,7-8,11-12H2,1-4H3. The molecular formula is C16H27N3. The molecule has 19 heavy (non-hydrogen) atoms. The van der Waals surface area contributed by atoms with Gasteiger partial charge in [-0.2, -0.15) is 0 Å². The molecule has 1 aromatic rings. The topological polar surface area (TPSA) is 18.5 Å². The molecule has 1 aromatic carbocycles. The molecular weight excluding hydrogens is 234 g/mol. The first-order valence-corrected chi connectivity index (χ1v) is 7.31. The van der Waals surface area contributed by atoms with E-state index in [-0.39, 0.29) is 0 Å². The fraction of sp³-hybridized carbons (Fsp3) is 0.625. The average Bonchev–Trinajstić information content (AvgIpc) is 2.85. The molecule has 1 fully saturated rings. The van der Waals surface area contributed by atoms with Gasteiger partial charge >= 0.3 is 0 Å². The number of hydrogen-bond donors (Lipinski definition) is 1. The number of likely N-dealkylation sites (N-methyl/N-ethyl adjacent to an activating group) is 1. The van der Waals surface area contributed by atoms with Crippen LogP contribution in [0.2, 0.25) is 0 Å². The summed E-state index contributed by atoms with van der Waals surface area (Å²) in [6.45, 7) is 4.56. The van der Waals surface area contributed by atoms with Gasteiger partial charge in [-0.3, -0.25) is 0 Å². The quantitative estimate of drug-likeness (QED) is 0.878. The Kier molecular flexibility index (Phi) is 4.83. The van der Waals surface area contributed by atoms with E-state index in [1.54, 1.807) is 0 Å². The predicted octanol–water partition coefficient (Wildman–Crippen LogP) is 2.50.